The van der Waals surface area contributed by atoms with Crippen molar-refractivity contribution in [3.05, 3.63) is 89.2 Å². The van der Waals surface area contributed by atoms with Crippen molar-refractivity contribution < 1.29 is 37.0 Å². The molecule has 0 radical (unpaired) electrons. The van der Waals surface area contributed by atoms with Gasteiger partial charge in [0.2, 0.25) is 5.78 Å². The Morgan fingerprint density at radius 2 is 1.74 bits per heavy atom. The zero-order valence-electron chi connectivity index (χ0n) is 17.8. The number of halogens is 3. The molecule has 4 rings (SSSR count). The topological polar surface area (TPSA) is 73.9 Å². The Bertz CT molecular complexity index is 1270. The van der Waals surface area contributed by atoms with E-state index in [-0.39, 0.29) is 28.7 Å². The van der Waals surface area contributed by atoms with Crippen LogP contribution in [0.4, 0.5) is 18.9 Å². The van der Waals surface area contributed by atoms with Gasteiger partial charge in [0.15, 0.2) is 12.4 Å². The highest BCUT2D eigenvalue weighted by Crippen LogP contribution is 2.36. The van der Waals surface area contributed by atoms with Crippen LogP contribution in [0.3, 0.4) is 0 Å². The number of ether oxygens (including phenoxy) is 3. The zero-order chi connectivity index (χ0) is 24.3. The van der Waals surface area contributed by atoms with Gasteiger partial charge in [-0.2, -0.15) is 13.2 Å². The number of hydrogen-bond donors (Lipinski definition) is 1. The Hall–Kier alpha value is -4.27. The summed E-state index contributed by atoms with van der Waals surface area (Å²) in [6.45, 7) is -0.534. The molecule has 6 nitrogen and oxygen atoms in total. The molecule has 3 aromatic rings. The Kier molecular flexibility index (Phi) is 6.27. The molecular weight excluding hydrogens is 451 g/mol. The second-order valence-corrected chi connectivity index (χ2v) is 7.25. The van der Waals surface area contributed by atoms with Crippen LogP contribution in [0.15, 0.2) is 72.5 Å². The van der Waals surface area contributed by atoms with Crippen LogP contribution in [0.2, 0.25) is 0 Å². The van der Waals surface area contributed by atoms with Crippen molar-refractivity contribution in [2.45, 2.75) is 6.18 Å². The summed E-state index contributed by atoms with van der Waals surface area (Å²) in [5.41, 5.74) is -0.247. The van der Waals surface area contributed by atoms with Crippen LogP contribution in [-0.4, -0.2) is 25.4 Å². The molecule has 0 saturated heterocycles. The molecule has 1 amide bonds. The number of ketones is 1. The quantitative estimate of drug-likeness (QED) is 0.493. The van der Waals surface area contributed by atoms with E-state index in [1.54, 1.807) is 37.5 Å². The first-order valence-electron chi connectivity index (χ1n) is 10.1. The Morgan fingerprint density at radius 3 is 2.44 bits per heavy atom. The number of hydrogen-bond acceptors (Lipinski definition) is 5. The Balaban J connectivity index is 1.41. The third kappa shape index (κ3) is 5.03. The maximum Gasteiger partial charge on any atom is 0.418 e. The number of alkyl halides is 3. The lowest BCUT2D eigenvalue weighted by molar-refractivity contribution is -0.137. The van der Waals surface area contributed by atoms with Crippen molar-refractivity contribution >= 4 is 23.5 Å². The smallest absolute Gasteiger partial charge is 0.418 e. The first-order valence-corrected chi connectivity index (χ1v) is 10.1. The van der Waals surface area contributed by atoms with E-state index < -0.39 is 24.3 Å². The predicted molar refractivity (Wildman–Crippen MR) is 118 cm³/mol. The molecular formula is C25H18F3NO5. The second kappa shape index (κ2) is 9.30. The molecule has 34 heavy (non-hydrogen) atoms. The zero-order valence-corrected chi connectivity index (χ0v) is 17.8. The number of para-hydroxylation sites is 1. The van der Waals surface area contributed by atoms with Crippen LogP contribution >= 0.6 is 0 Å². The number of nitrogens with one attached hydrogen (secondary N) is 1. The van der Waals surface area contributed by atoms with Gasteiger partial charge in [0.1, 0.15) is 17.2 Å². The largest absolute Gasteiger partial charge is 0.497 e. The average molecular weight is 469 g/mol. The molecule has 0 spiro atoms. The van der Waals surface area contributed by atoms with Gasteiger partial charge in [-0.05, 0) is 48.0 Å². The number of fused-ring (bicyclic) bond motifs is 1. The number of rotatable bonds is 6. The minimum Gasteiger partial charge on any atom is -0.497 e. The van der Waals surface area contributed by atoms with E-state index in [2.05, 4.69) is 5.32 Å². The average Bonchev–Trinajstić information content (AvgIpc) is 3.12. The van der Waals surface area contributed by atoms with Crippen LogP contribution in [0.1, 0.15) is 21.5 Å². The monoisotopic (exact) mass is 469 g/mol. The van der Waals surface area contributed by atoms with Crippen molar-refractivity contribution in [3.8, 4) is 17.2 Å². The van der Waals surface area contributed by atoms with E-state index >= 15 is 0 Å². The highest BCUT2D eigenvalue weighted by atomic mass is 19.4. The van der Waals surface area contributed by atoms with Gasteiger partial charge < -0.3 is 19.5 Å². The summed E-state index contributed by atoms with van der Waals surface area (Å²) in [5, 5.41) is 2.20. The van der Waals surface area contributed by atoms with E-state index in [0.717, 1.165) is 17.7 Å². The van der Waals surface area contributed by atoms with Crippen LogP contribution in [0, 0.1) is 0 Å². The van der Waals surface area contributed by atoms with Gasteiger partial charge in [-0.15, -0.1) is 0 Å². The summed E-state index contributed by atoms with van der Waals surface area (Å²) in [7, 11) is 1.55. The first kappa shape index (κ1) is 22.9. The van der Waals surface area contributed by atoms with Crippen molar-refractivity contribution in [3.63, 3.8) is 0 Å². The van der Waals surface area contributed by atoms with Gasteiger partial charge >= 0.3 is 6.18 Å². The SMILES string of the molecule is COc1ccc(C=C2Oc3cc(OCC(=O)Nc4ccccc4C(F)(F)F)ccc3C2=O)cc1. The standard InChI is InChI=1S/C25H18F3NO5/c1-32-16-8-6-15(7-9-16)12-22-24(31)18-11-10-17(13-21(18)34-22)33-14-23(30)29-20-5-3-2-4-19(20)25(26,27)28/h2-13H,14H2,1H3,(H,29,30). The number of anilines is 1. The molecule has 0 fully saturated rings. The van der Waals surface area contributed by atoms with Crippen molar-refractivity contribution in [1.82, 2.24) is 0 Å². The predicted octanol–water partition coefficient (Wildman–Crippen LogP) is 5.35. The van der Waals surface area contributed by atoms with E-state index in [1.165, 1.54) is 30.3 Å². The minimum atomic E-state index is -4.61. The van der Waals surface area contributed by atoms with E-state index in [0.29, 0.717) is 11.3 Å². The number of methoxy groups -OCH3 is 1. The van der Waals surface area contributed by atoms with Gasteiger partial charge in [-0.1, -0.05) is 24.3 Å². The lowest BCUT2D eigenvalue weighted by Gasteiger charge is -2.14. The summed E-state index contributed by atoms with van der Waals surface area (Å²) in [5.74, 6) is 0.199. The van der Waals surface area contributed by atoms with E-state index in [1.807, 2.05) is 0 Å². The summed E-state index contributed by atoms with van der Waals surface area (Å²) < 4.78 is 55.4. The maximum atomic E-state index is 13.1. The summed E-state index contributed by atoms with van der Waals surface area (Å²) in [4.78, 5) is 24.7. The molecule has 9 heteroatoms. The summed E-state index contributed by atoms with van der Waals surface area (Å²) >= 11 is 0. The molecule has 0 aliphatic carbocycles. The van der Waals surface area contributed by atoms with Gasteiger partial charge in [-0.3, -0.25) is 9.59 Å². The van der Waals surface area contributed by atoms with Crippen LogP contribution in [0.5, 0.6) is 17.2 Å². The number of allylic oxidation sites excluding steroid dienone is 1. The third-order valence-corrected chi connectivity index (χ3v) is 4.93. The molecule has 3 aromatic carbocycles. The van der Waals surface area contributed by atoms with Crippen LogP contribution < -0.4 is 19.5 Å². The molecule has 1 aliphatic rings. The molecule has 0 aromatic heterocycles. The lowest BCUT2D eigenvalue weighted by atomic mass is 10.1. The number of amides is 1. The second-order valence-electron chi connectivity index (χ2n) is 7.25. The van der Waals surface area contributed by atoms with Gasteiger partial charge in [0, 0.05) is 6.07 Å². The van der Waals surface area contributed by atoms with E-state index in [9.17, 15) is 22.8 Å². The number of benzene rings is 3. The third-order valence-electron chi connectivity index (χ3n) is 4.93. The molecule has 1 N–H and O–H groups in total. The lowest BCUT2D eigenvalue weighted by Crippen LogP contribution is -2.22. The summed E-state index contributed by atoms with van der Waals surface area (Å²) in [6, 6.07) is 16.1. The van der Waals surface area contributed by atoms with Crippen LogP contribution in [-0.2, 0) is 11.0 Å². The fraction of sp³-hybridized carbons (Fsp3) is 0.120. The fourth-order valence-corrected chi connectivity index (χ4v) is 3.28. The molecule has 0 atom stereocenters. The molecule has 0 saturated carbocycles. The highest BCUT2D eigenvalue weighted by molar-refractivity contribution is 6.14. The number of carbonyl (C=O) groups excluding carboxylic acids is 2. The maximum absolute atomic E-state index is 13.1. The molecule has 1 heterocycles. The Morgan fingerprint density at radius 1 is 1.03 bits per heavy atom. The van der Waals surface area contributed by atoms with Gasteiger partial charge in [-0.25, -0.2) is 0 Å². The van der Waals surface area contributed by atoms with Crippen molar-refractivity contribution in [2.75, 3.05) is 19.0 Å². The fourth-order valence-electron chi connectivity index (χ4n) is 3.28. The van der Waals surface area contributed by atoms with E-state index in [4.69, 9.17) is 14.2 Å². The van der Waals surface area contributed by atoms with Gasteiger partial charge in [0.25, 0.3) is 5.91 Å². The molecule has 1 aliphatic heterocycles. The van der Waals surface area contributed by atoms with Gasteiger partial charge in [0.05, 0.1) is 23.9 Å². The molecule has 0 unspecified atom stereocenters. The first-order chi connectivity index (χ1) is 16.2. The van der Waals surface area contributed by atoms with Crippen molar-refractivity contribution in [1.29, 1.82) is 0 Å². The summed E-state index contributed by atoms with van der Waals surface area (Å²) in [6.07, 6.45) is -3.01. The number of Topliss-reactive ketones (excluding diaryl/α,β-unsaturated/α-hetero) is 1. The van der Waals surface area contributed by atoms with Crippen molar-refractivity contribution in [2.24, 2.45) is 0 Å². The highest BCUT2D eigenvalue weighted by Gasteiger charge is 2.33. The normalized spacial score (nSPS) is 13.9. The molecule has 0 bridgehead atoms. The Labute approximate surface area is 192 Å². The number of carbonyl (C=O) groups is 2. The minimum absolute atomic E-state index is 0.124. The molecule has 174 valence electrons. The van der Waals surface area contributed by atoms with Crippen LogP contribution in [0.25, 0.3) is 6.08 Å².